The summed E-state index contributed by atoms with van der Waals surface area (Å²) in [6.45, 7) is 2.67. The van der Waals surface area contributed by atoms with Crippen LogP contribution in [0.5, 0.6) is 11.5 Å². The fraction of sp³-hybridized carbons (Fsp3) is 0.304. The number of likely N-dealkylation sites (tertiary alicyclic amines) is 1. The fourth-order valence-electron chi connectivity index (χ4n) is 7.84. The highest BCUT2D eigenvalue weighted by Gasteiger charge is 2.29. The van der Waals surface area contributed by atoms with Gasteiger partial charge in [0.2, 0.25) is 15.9 Å². The topological polar surface area (TPSA) is 193 Å². The summed E-state index contributed by atoms with van der Waals surface area (Å²) in [5.74, 6) is 0.180. The average Bonchev–Trinajstić information content (AvgIpc) is 3.69. The molecule has 0 radical (unpaired) electrons. The second kappa shape index (κ2) is 20.6. The van der Waals surface area contributed by atoms with Gasteiger partial charge in [0.05, 0.1) is 35.3 Å². The SMILES string of the molecule is COc1cc2c(cc1CNC[C@H](OS(=O)(=O)c1ccc(Br)cc1)c1ccc(O)c(NS(C)(=O)=O)c1)CCN2C(=O)CCN1CCC(OC(=O)Nc2ccccc2-c2ccccc2)CC1. The number of phenolic OH excluding ortho intramolecular Hbond substituents is 1. The molecule has 2 aliphatic heterocycles. The zero-order chi connectivity index (χ0) is 45.4. The van der Waals surface area contributed by atoms with Gasteiger partial charge in [0, 0.05) is 67.4 Å². The minimum absolute atomic E-state index is 0.00730. The largest absolute Gasteiger partial charge is 0.506 e. The van der Waals surface area contributed by atoms with E-state index >= 15 is 0 Å². The number of rotatable bonds is 17. The van der Waals surface area contributed by atoms with Gasteiger partial charge in [0.1, 0.15) is 23.7 Å². The lowest BCUT2D eigenvalue weighted by molar-refractivity contribution is -0.118. The number of amides is 2. The first-order valence-corrected chi connectivity index (χ1v) is 24.8. The number of ether oxygens (including phenoxy) is 2. The Morgan fingerprint density at radius 1 is 0.875 bits per heavy atom. The number of carbonyl (C=O) groups excluding carboxylic acids is 2. The molecule has 0 saturated carbocycles. The van der Waals surface area contributed by atoms with E-state index in [0.29, 0.717) is 67.8 Å². The highest BCUT2D eigenvalue weighted by atomic mass is 79.9. The molecule has 64 heavy (non-hydrogen) atoms. The average molecular weight is 977 g/mol. The van der Waals surface area contributed by atoms with Crippen LogP contribution in [-0.2, 0) is 46.8 Å². The van der Waals surface area contributed by atoms with Crippen molar-refractivity contribution in [1.29, 1.82) is 0 Å². The minimum atomic E-state index is -4.30. The number of piperidine rings is 1. The zero-order valence-electron chi connectivity index (χ0n) is 35.3. The molecule has 5 aromatic carbocycles. The van der Waals surface area contributed by atoms with Crippen molar-refractivity contribution in [2.75, 3.05) is 61.0 Å². The van der Waals surface area contributed by atoms with Gasteiger partial charge in [-0.15, -0.1) is 0 Å². The van der Waals surface area contributed by atoms with E-state index in [1.807, 2.05) is 66.7 Å². The number of methoxy groups -OCH3 is 1. The van der Waals surface area contributed by atoms with Crippen LogP contribution in [0.3, 0.4) is 0 Å². The monoisotopic (exact) mass is 975 g/mol. The number of benzene rings is 5. The smallest absolute Gasteiger partial charge is 0.411 e. The van der Waals surface area contributed by atoms with E-state index in [1.165, 1.54) is 37.4 Å². The van der Waals surface area contributed by atoms with Gasteiger partial charge in [0.15, 0.2) is 0 Å². The van der Waals surface area contributed by atoms with Crippen LogP contribution in [0.4, 0.5) is 21.9 Å². The molecule has 1 saturated heterocycles. The van der Waals surface area contributed by atoms with Gasteiger partial charge in [-0.2, -0.15) is 8.42 Å². The van der Waals surface area contributed by atoms with Crippen molar-refractivity contribution in [1.82, 2.24) is 10.2 Å². The van der Waals surface area contributed by atoms with Crippen LogP contribution in [-0.4, -0.2) is 91.0 Å². The van der Waals surface area contributed by atoms with Crippen molar-refractivity contribution >= 4 is 65.1 Å². The summed E-state index contributed by atoms with van der Waals surface area (Å²) in [6.07, 6.45) is 1.34. The quantitative estimate of drug-likeness (QED) is 0.0533. The maximum atomic E-state index is 13.6. The van der Waals surface area contributed by atoms with E-state index in [9.17, 15) is 31.5 Å². The molecule has 0 spiro atoms. The summed E-state index contributed by atoms with van der Waals surface area (Å²) >= 11 is 3.31. The Morgan fingerprint density at radius 2 is 1.59 bits per heavy atom. The number of anilines is 3. The molecule has 1 fully saturated rings. The third-order valence-corrected chi connectivity index (χ3v) is 13.5. The standard InChI is InChI=1S/C46H50BrN5O10S2/c1-60-43-28-41-32(26-34(43)29-48-30-44(62-64(58,59)37-15-13-35(47)14-16-37)33-12-17-42(53)40(27-33)50-63(2,56)57)18-25-52(41)45(54)21-24-51-22-19-36(20-23-51)61-46(55)49-39-11-7-6-10-38(39)31-8-4-3-5-9-31/h3-17,26-28,36,44,48,50,53H,18-25,29-30H2,1-2H3,(H,49,55)/t44-/m0/s1. The Kier molecular flexibility index (Phi) is 14.9. The van der Waals surface area contributed by atoms with Crippen LogP contribution >= 0.6 is 15.9 Å². The van der Waals surface area contributed by atoms with Gasteiger partial charge in [-0.25, -0.2) is 13.2 Å². The number of halogens is 1. The molecule has 2 heterocycles. The summed E-state index contributed by atoms with van der Waals surface area (Å²) in [5.41, 5.74) is 5.25. The summed E-state index contributed by atoms with van der Waals surface area (Å²) in [4.78, 5) is 30.5. The van der Waals surface area contributed by atoms with E-state index in [0.717, 1.165) is 34.2 Å². The van der Waals surface area contributed by atoms with Crippen molar-refractivity contribution in [3.05, 3.63) is 130 Å². The molecule has 2 amide bonds. The molecular weight excluding hydrogens is 927 g/mol. The summed E-state index contributed by atoms with van der Waals surface area (Å²) in [5, 5.41) is 16.5. The van der Waals surface area contributed by atoms with Gasteiger partial charge in [-0.1, -0.05) is 70.5 Å². The van der Waals surface area contributed by atoms with E-state index in [1.54, 1.807) is 17.0 Å². The first kappa shape index (κ1) is 46.5. The van der Waals surface area contributed by atoms with Crippen LogP contribution in [0.1, 0.15) is 42.1 Å². The van der Waals surface area contributed by atoms with Crippen LogP contribution in [0.15, 0.2) is 119 Å². The van der Waals surface area contributed by atoms with E-state index < -0.39 is 32.3 Å². The second-order valence-corrected chi connectivity index (χ2v) is 19.8. The van der Waals surface area contributed by atoms with Gasteiger partial charge in [-0.05, 0) is 84.5 Å². The lowest BCUT2D eigenvalue weighted by Gasteiger charge is -2.31. The van der Waals surface area contributed by atoms with Crippen LogP contribution < -0.4 is 25.0 Å². The van der Waals surface area contributed by atoms with E-state index in [2.05, 4.69) is 36.2 Å². The number of para-hydroxylation sites is 1. The Balaban J connectivity index is 0.936. The predicted octanol–water partition coefficient (Wildman–Crippen LogP) is 7.43. The van der Waals surface area contributed by atoms with Crippen LogP contribution in [0.25, 0.3) is 11.1 Å². The van der Waals surface area contributed by atoms with Gasteiger partial charge in [-0.3, -0.25) is 19.0 Å². The lowest BCUT2D eigenvalue weighted by atomic mass is 10.0. The van der Waals surface area contributed by atoms with Crippen molar-refractivity contribution in [3.63, 3.8) is 0 Å². The van der Waals surface area contributed by atoms with Gasteiger partial charge >= 0.3 is 6.09 Å². The number of hydrogen-bond acceptors (Lipinski definition) is 12. The van der Waals surface area contributed by atoms with Crippen molar-refractivity contribution in [2.24, 2.45) is 0 Å². The zero-order valence-corrected chi connectivity index (χ0v) is 38.5. The minimum Gasteiger partial charge on any atom is -0.506 e. The van der Waals surface area contributed by atoms with Crippen LogP contribution in [0, 0.1) is 0 Å². The molecule has 338 valence electrons. The van der Waals surface area contributed by atoms with Crippen molar-refractivity contribution < 1.29 is 45.2 Å². The molecule has 2 aliphatic rings. The highest BCUT2D eigenvalue weighted by molar-refractivity contribution is 9.10. The third kappa shape index (κ3) is 12.0. The first-order valence-electron chi connectivity index (χ1n) is 20.7. The molecule has 1 atom stereocenters. The van der Waals surface area contributed by atoms with E-state index in [-0.39, 0.29) is 47.0 Å². The number of carbonyl (C=O) groups is 2. The van der Waals surface area contributed by atoms with Gasteiger partial charge < -0.3 is 29.7 Å². The number of phenols is 1. The maximum Gasteiger partial charge on any atom is 0.411 e. The second-order valence-electron chi connectivity index (χ2n) is 15.6. The normalized spacial score (nSPS) is 15.0. The molecule has 4 N–H and O–H groups in total. The first-order chi connectivity index (χ1) is 30.7. The Hall–Kier alpha value is -5.50. The molecule has 0 aliphatic carbocycles. The lowest BCUT2D eigenvalue weighted by Crippen LogP contribution is -2.40. The summed E-state index contributed by atoms with van der Waals surface area (Å²) in [7, 11) is -6.53. The molecule has 5 aromatic rings. The van der Waals surface area contributed by atoms with E-state index in [4.69, 9.17) is 13.7 Å². The maximum absolute atomic E-state index is 13.6. The number of hydrogen-bond donors (Lipinski definition) is 4. The summed E-state index contributed by atoms with van der Waals surface area (Å²) < 4.78 is 71.1. The Labute approximate surface area is 382 Å². The Bertz CT molecular complexity index is 2680. The third-order valence-electron chi connectivity index (χ3n) is 11.1. The predicted molar refractivity (Wildman–Crippen MR) is 249 cm³/mol. The number of aromatic hydroxyl groups is 1. The fourth-order valence-corrected chi connectivity index (χ4v) is 9.73. The van der Waals surface area contributed by atoms with Crippen molar-refractivity contribution in [3.8, 4) is 22.6 Å². The Morgan fingerprint density at radius 3 is 2.31 bits per heavy atom. The number of fused-ring (bicyclic) bond motifs is 1. The van der Waals surface area contributed by atoms with Crippen molar-refractivity contribution in [2.45, 2.75) is 49.3 Å². The molecular formula is C46H50BrN5O10S2. The molecule has 15 nitrogen and oxygen atoms in total. The molecule has 0 aromatic heterocycles. The molecule has 0 unspecified atom stereocenters. The molecule has 7 rings (SSSR count). The molecule has 0 bridgehead atoms. The molecule has 18 heteroatoms. The van der Waals surface area contributed by atoms with Gasteiger partial charge in [0.25, 0.3) is 10.1 Å². The summed E-state index contributed by atoms with van der Waals surface area (Å²) in [6, 6.07) is 31.3. The van der Waals surface area contributed by atoms with Crippen LogP contribution in [0.2, 0.25) is 0 Å². The number of nitrogens with one attached hydrogen (secondary N) is 3. The highest BCUT2D eigenvalue weighted by Crippen LogP contribution is 2.36. The number of nitrogens with zero attached hydrogens (tertiary/aromatic N) is 2. The number of sulfonamides is 1.